The van der Waals surface area contributed by atoms with Crippen LogP contribution in [-0.2, 0) is 9.47 Å². The fraction of sp³-hybridized carbons (Fsp3) is 0.189. The number of nitrogens with one attached hydrogen (secondary N) is 1. The summed E-state index contributed by atoms with van der Waals surface area (Å²) in [5.74, 6) is -0.882. The number of rotatable bonds is 9. The van der Waals surface area contributed by atoms with E-state index in [0.717, 1.165) is 33.2 Å². The molecule has 0 fully saturated rings. The summed E-state index contributed by atoms with van der Waals surface area (Å²) in [5, 5.41) is 5.55. The number of aryl methyl sites for hydroxylation is 1. The molecule has 0 heterocycles. The topological polar surface area (TPSA) is 64.6 Å². The third-order valence-electron chi connectivity index (χ3n) is 7.38. The Morgan fingerprint density at radius 1 is 0.690 bits per heavy atom. The van der Waals surface area contributed by atoms with Crippen LogP contribution in [0.3, 0.4) is 0 Å². The fourth-order valence-electron chi connectivity index (χ4n) is 5.21. The molecule has 5 aromatic rings. The standard InChI is InChI=1S/C37H35NO4/c1-5-41-36(39)34-23-33(31-13-9-11-27-10-7-8-12-30(27)31)35(37(40)42-6-2)22-32(34)28-18-16-26(17-19-28)25(4)38-29-20-14-24(3)15-21-29/h7-23,25,38H,5-6H2,1-4H3. The van der Waals surface area contributed by atoms with Crippen LogP contribution in [0.15, 0.2) is 103 Å². The molecule has 1 unspecified atom stereocenters. The zero-order valence-electron chi connectivity index (χ0n) is 24.4. The van der Waals surface area contributed by atoms with Gasteiger partial charge < -0.3 is 14.8 Å². The second kappa shape index (κ2) is 12.7. The van der Waals surface area contributed by atoms with Gasteiger partial charge >= 0.3 is 11.9 Å². The van der Waals surface area contributed by atoms with Gasteiger partial charge in [-0.3, -0.25) is 0 Å². The molecule has 5 aromatic carbocycles. The van der Waals surface area contributed by atoms with E-state index in [9.17, 15) is 9.59 Å². The van der Waals surface area contributed by atoms with Crippen molar-refractivity contribution >= 4 is 28.4 Å². The number of ether oxygens (including phenoxy) is 2. The molecular weight excluding hydrogens is 522 g/mol. The number of anilines is 1. The van der Waals surface area contributed by atoms with Crippen molar-refractivity contribution in [3.05, 3.63) is 125 Å². The summed E-state index contributed by atoms with van der Waals surface area (Å²) in [7, 11) is 0. The molecule has 5 rings (SSSR count). The fourth-order valence-corrected chi connectivity index (χ4v) is 5.21. The van der Waals surface area contributed by atoms with Gasteiger partial charge in [0.05, 0.1) is 24.3 Å². The molecule has 0 saturated carbocycles. The lowest BCUT2D eigenvalue weighted by Crippen LogP contribution is -2.12. The monoisotopic (exact) mass is 557 g/mol. The Morgan fingerprint density at radius 2 is 1.29 bits per heavy atom. The smallest absolute Gasteiger partial charge is 0.338 e. The van der Waals surface area contributed by atoms with Crippen molar-refractivity contribution in [2.75, 3.05) is 18.5 Å². The van der Waals surface area contributed by atoms with Gasteiger partial charge in [-0.15, -0.1) is 0 Å². The maximum atomic E-state index is 13.4. The summed E-state index contributed by atoms with van der Waals surface area (Å²) < 4.78 is 11.0. The van der Waals surface area contributed by atoms with Gasteiger partial charge in [0.1, 0.15) is 0 Å². The largest absolute Gasteiger partial charge is 0.462 e. The molecule has 212 valence electrons. The Morgan fingerprint density at radius 3 is 1.95 bits per heavy atom. The second-order valence-electron chi connectivity index (χ2n) is 10.3. The van der Waals surface area contributed by atoms with Crippen molar-refractivity contribution < 1.29 is 19.1 Å². The minimum absolute atomic E-state index is 0.0649. The number of hydrogen-bond donors (Lipinski definition) is 1. The van der Waals surface area contributed by atoms with Crippen molar-refractivity contribution in [1.29, 1.82) is 0 Å². The highest BCUT2D eigenvalue weighted by Crippen LogP contribution is 2.37. The highest BCUT2D eigenvalue weighted by Gasteiger charge is 2.24. The first-order valence-corrected chi connectivity index (χ1v) is 14.3. The molecule has 0 aromatic heterocycles. The molecule has 0 bridgehead atoms. The van der Waals surface area contributed by atoms with Crippen LogP contribution in [0.5, 0.6) is 0 Å². The van der Waals surface area contributed by atoms with Crippen LogP contribution < -0.4 is 5.32 Å². The number of esters is 2. The normalized spacial score (nSPS) is 11.6. The predicted octanol–water partition coefficient (Wildman–Crippen LogP) is 9.01. The van der Waals surface area contributed by atoms with Crippen LogP contribution in [0, 0.1) is 6.92 Å². The molecule has 5 nitrogen and oxygen atoms in total. The first-order valence-electron chi connectivity index (χ1n) is 14.3. The van der Waals surface area contributed by atoms with Crippen LogP contribution in [0.25, 0.3) is 33.0 Å². The molecule has 0 aliphatic rings. The molecule has 1 N–H and O–H groups in total. The van der Waals surface area contributed by atoms with E-state index in [1.165, 1.54) is 5.56 Å². The summed E-state index contributed by atoms with van der Waals surface area (Å²) in [5.41, 5.74) is 7.04. The Bertz CT molecular complexity index is 1720. The van der Waals surface area contributed by atoms with Crippen LogP contribution in [0.4, 0.5) is 5.69 Å². The Labute approximate surface area is 247 Å². The third kappa shape index (κ3) is 6.06. The molecule has 0 radical (unpaired) electrons. The number of benzene rings is 5. The number of carbonyl (C=O) groups is 2. The molecule has 5 heteroatoms. The highest BCUT2D eigenvalue weighted by molar-refractivity contribution is 6.08. The van der Waals surface area contributed by atoms with Crippen molar-refractivity contribution in [2.24, 2.45) is 0 Å². The van der Waals surface area contributed by atoms with Crippen LogP contribution in [-0.4, -0.2) is 25.2 Å². The summed E-state index contributed by atoms with van der Waals surface area (Å²) in [6.07, 6.45) is 0. The molecule has 0 amide bonds. The first-order chi connectivity index (χ1) is 20.4. The number of carbonyl (C=O) groups excluding carboxylic acids is 2. The molecule has 0 aliphatic carbocycles. The van der Waals surface area contributed by atoms with E-state index < -0.39 is 11.9 Å². The molecular formula is C37H35NO4. The van der Waals surface area contributed by atoms with Crippen LogP contribution in [0.1, 0.15) is 58.7 Å². The van der Waals surface area contributed by atoms with E-state index in [-0.39, 0.29) is 19.3 Å². The maximum absolute atomic E-state index is 13.4. The van der Waals surface area contributed by atoms with Gasteiger partial charge in [-0.25, -0.2) is 9.59 Å². The van der Waals surface area contributed by atoms with Crippen molar-refractivity contribution in [3.8, 4) is 22.3 Å². The minimum atomic E-state index is -0.442. The number of hydrogen-bond acceptors (Lipinski definition) is 5. The lowest BCUT2D eigenvalue weighted by Gasteiger charge is -2.19. The number of fused-ring (bicyclic) bond motifs is 1. The van der Waals surface area contributed by atoms with E-state index >= 15 is 0 Å². The van der Waals surface area contributed by atoms with Gasteiger partial charge in [0, 0.05) is 11.7 Å². The molecule has 0 aliphatic heterocycles. The summed E-state index contributed by atoms with van der Waals surface area (Å²) in [6, 6.07) is 33.9. The van der Waals surface area contributed by atoms with Gasteiger partial charge in [0.2, 0.25) is 0 Å². The first kappa shape index (κ1) is 28.6. The van der Waals surface area contributed by atoms with Crippen molar-refractivity contribution in [2.45, 2.75) is 33.7 Å². The Hall–Kier alpha value is -4.90. The lowest BCUT2D eigenvalue weighted by molar-refractivity contribution is 0.0513. The van der Waals surface area contributed by atoms with Crippen LogP contribution in [0.2, 0.25) is 0 Å². The van der Waals surface area contributed by atoms with Gasteiger partial charge in [0.25, 0.3) is 0 Å². The summed E-state index contributed by atoms with van der Waals surface area (Å²) >= 11 is 0. The zero-order valence-corrected chi connectivity index (χ0v) is 24.4. The zero-order chi connectivity index (χ0) is 29.6. The third-order valence-corrected chi connectivity index (χ3v) is 7.38. The van der Waals surface area contributed by atoms with Gasteiger partial charge in [-0.2, -0.15) is 0 Å². The van der Waals surface area contributed by atoms with E-state index in [1.807, 2.05) is 66.7 Å². The summed E-state index contributed by atoms with van der Waals surface area (Å²) in [6.45, 7) is 8.22. The van der Waals surface area contributed by atoms with E-state index in [0.29, 0.717) is 22.3 Å². The Balaban J connectivity index is 1.61. The summed E-state index contributed by atoms with van der Waals surface area (Å²) in [4.78, 5) is 26.7. The van der Waals surface area contributed by atoms with Crippen molar-refractivity contribution in [1.82, 2.24) is 0 Å². The lowest BCUT2D eigenvalue weighted by atomic mass is 9.88. The van der Waals surface area contributed by atoms with Crippen LogP contribution >= 0.6 is 0 Å². The molecule has 42 heavy (non-hydrogen) atoms. The van der Waals surface area contributed by atoms with Gasteiger partial charge in [0.15, 0.2) is 0 Å². The van der Waals surface area contributed by atoms with Crippen molar-refractivity contribution in [3.63, 3.8) is 0 Å². The molecule has 0 saturated heterocycles. The van der Waals surface area contributed by atoms with E-state index in [4.69, 9.17) is 9.47 Å². The minimum Gasteiger partial charge on any atom is -0.462 e. The quantitative estimate of drug-likeness (QED) is 0.183. The average Bonchev–Trinajstić information content (AvgIpc) is 3.01. The Kier molecular flexibility index (Phi) is 8.68. The van der Waals surface area contributed by atoms with Gasteiger partial charge in [-0.05, 0) is 90.6 Å². The predicted molar refractivity (Wildman–Crippen MR) is 170 cm³/mol. The van der Waals surface area contributed by atoms with Gasteiger partial charge in [-0.1, -0.05) is 84.4 Å². The maximum Gasteiger partial charge on any atom is 0.338 e. The van der Waals surface area contributed by atoms with E-state index in [2.05, 4.69) is 43.4 Å². The SMILES string of the molecule is CCOC(=O)c1cc(-c2cccc3ccccc23)c(C(=O)OCC)cc1-c1ccc(C(C)Nc2ccc(C)cc2)cc1. The highest BCUT2D eigenvalue weighted by atomic mass is 16.5. The van der Waals surface area contributed by atoms with E-state index in [1.54, 1.807) is 26.0 Å². The molecule has 0 spiro atoms. The second-order valence-corrected chi connectivity index (χ2v) is 10.3. The average molecular weight is 558 g/mol. The molecule has 1 atom stereocenters.